The molecule has 4 aromatic rings. The predicted molar refractivity (Wildman–Crippen MR) is 188 cm³/mol. The Balaban J connectivity index is 1.55. The molecule has 3 heterocycles. The standard InChI is InChI=1S/C40H38F7N3O5/c1-4-54-34(52)20-31-28-17-25(16-23(3)36(28)42)35-22(2)6-5-7-32(35)55-26-8-9-30(41)27(18-26)37(38(53)48-31)50-21-24(29(19-33(50)51)40(45,46)47)10-13-49-14-11-39(43,44)12-15-49/h5-9,16-19,21,31,37H,4,10-15,20H2,1-3H3,(H,48,53)/t31-,37-/m0/s1. The molecule has 4 bridgehead atoms. The molecule has 55 heavy (non-hydrogen) atoms. The molecule has 0 spiro atoms. The first-order valence-electron chi connectivity index (χ1n) is 17.7. The summed E-state index contributed by atoms with van der Waals surface area (Å²) >= 11 is 0. The number of hydrogen-bond acceptors (Lipinski definition) is 6. The third kappa shape index (κ3) is 8.56. The summed E-state index contributed by atoms with van der Waals surface area (Å²) in [6, 6.07) is 8.32. The second kappa shape index (κ2) is 15.5. The molecule has 1 aromatic heterocycles. The Morgan fingerprint density at radius 2 is 1.71 bits per heavy atom. The van der Waals surface area contributed by atoms with Crippen LogP contribution >= 0.6 is 0 Å². The van der Waals surface area contributed by atoms with Crippen LogP contribution in [0.1, 0.15) is 71.7 Å². The maximum absolute atomic E-state index is 16.1. The average Bonchev–Trinajstić information content (AvgIpc) is 3.11. The van der Waals surface area contributed by atoms with E-state index in [0.29, 0.717) is 27.3 Å². The van der Waals surface area contributed by atoms with Gasteiger partial charge in [0.2, 0.25) is 5.91 Å². The minimum atomic E-state index is -5.02. The number of halogens is 7. The third-order valence-corrected chi connectivity index (χ3v) is 9.94. The highest BCUT2D eigenvalue weighted by molar-refractivity contribution is 5.85. The summed E-state index contributed by atoms with van der Waals surface area (Å²) in [5, 5.41) is 2.58. The largest absolute Gasteiger partial charge is 0.466 e. The van der Waals surface area contributed by atoms with Gasteiger partial charge in [0.15, 0.2) is 0 Å². The lowest BCUT2D eigenvalue weighted by molar-refractivity contribution is -0.144. The number of carbonyl (C=O) groups is 2. The van der Waals surface area contributed by atoms with Gasteiger partial charge in [0, 0.05) is 61.4 Å². The SMILES string of the molecule is CCOC(=O)C[C@@H]1NC(=O)[C@@H](n2cc(CCN3CCC(F)(F)CC3)c(C(F)(F)F)cc2=O)c2cc(ccc2F)Oc2cccc(C)c2-c2cc(C)c(F)c1c2. The summed E-state index contributed by atoms with van der Waals surface area (Å²) in [5.41, 5.74) is -1.87. The number of nitrogens with zero attached hydrogens (tertiary/aromatic N) is 2. The van der Waals surface area contributed by atoms with Gasteiger partial charge in [-0.1, -0.05) is 12.1 Å². The van der Waals surface area contributed by atoms with Gasteiger partial charge in [0.05, 0.1) is 24.6 Å². The second-order valence-corrected chi connectivity index (χ2v) is 13.8. The number of fused-ring (bicyclic) bond motifs is 6. The molecular formula is C40H38F7N3O5. The highest BCUT2D eigenvalue weighted by Crippen LogP contribution is 2.41. The van der Waals surface area contributed by atoms with Crippen molar-refractivity contribution in [3.63, 3.8) is 0 Å². The van der Waals surface area contributed by atoms with E-state index >= 15 is 8.78 Å². The molecule has 0 radical (unpaired) electrons. The summed E-state index contributed by atoms with van der Waals surface area (Å²) in [6.45, 7) is 4.56. The lowest BCUT2D eigenvalue weighted by atomic mass is 9.92. The van der Waals surface area contributed by atoms with Crippen molar-refractivity contribution in [2.75, 3.05) is 26.2 Å². The molecule has 0 aliphatic carbocycles. The van der Waals surface area contributed by atoms with Gasteiger partial charge in [0.25, 0.3) is 11.5 Å². The van der Waals surface area contributed by atoms with Crippen molar-refractivity contribution in [2.24, 2.45) is 0 Å². The van der Waals surface area contributed by atoms with E-state index in [-0.39, 0.29) is 55.3 Å². The quantitative estimate of drug-likeness (QED) is 0.151. The maximum Gasteiger partial charge on any atom is 0.416 e. The van der Waals surface area contributed by atoms with Gasteiger partial charge in [-0.15, -0.1) is 0 Å². The fraction of sp³-hybridized carbons (Fsp3) is 0.375. The Bertz CT molecular complexity index is 2180. The second-order valence-electron chi connectivity index (χ2n) is 13.8. The van der Waals surface area contributed by atoms with Crippen molar-refractivity contribution in [1.29, 1.82) is 0 Å². The summed E-state index contributed by atoms with van der Waals surface area (Å²) < 4.78 is 115. The van der Waals surface area contributed by atoms with E-state index < -0.39 is 89.2 Å². The number of rotatable bonds is 7. The van der Waals surface area contributed by atoms with Gasteiger partial charge in [-0.3, -0.25) is 19.0 Å². The number of aromatic nitrogens is 1. The molecule has 2 aliphatic rings. The smallest absolute Gasteiger partial charge is 0.416 e. The van der Waals surface area contributed by atoms with Gasteiger partial charge in [0.1, 0.15) is 29.2 Å². The molecule has 1 amide bonds. The molecule has 3 aromatic carbocycles. The predicted octanol–water partition coefficient (Wildman–Crippen LogP) is 8.21. The first-order chi connectivity index (χ1) is 26.0. The van der Waals surface area contributed by atoms with E-state index in [9.17, 15) is 36.3 Å². The number of aryl methyl sites for hydroxylation is 2. The summed E-state index contributed by atoms with van der Waals surface area (Å²) in [4.78, 5) is 42.7. The number of ether oxygens (including phenoxy) is 2. The van der Waals surface area contributed by atoms with Crippen molar-refractivity contribution in [3.8, 4) is 22.6 Å². The van der Waals surface area contributed by atoms with Crippen LogP contribution in [0.4, 0.5) is 30.7 Å². The topological polar surface area (TPSA) is 89.9 Å². The van der Waals surface area contributed by atoms with E-state index in [1.54, 1.807) is 43.0 Å². The van der Waals surface area contributed by atoms with E-state index in [1.807, 2.05) is 0 Å². The summed E-state index contributed by atoms with van der Waals surface area (Å²) in [7, 11) is 0. The molecule has 2 aliphatic heterocycles. The number of pyridine rings is 1. The molecule has 2 atom stereocenters. The van der Waals surface area contributed by atoms with Crippen molar-refractivity contribution in [1.82, 2.24) is 14.8 Å². The van der Waals surface area contributed by atoms with Crippen LogP contribution in [0.2, 0.25) is 0 Å². The Hall–Kier alpha value is -5.18. The highest BCUT2D eigenvalue weighted by atomic mass is 19.4. The molecule has 292 valence electrons. The number of benzene rings is 3. The van der Waals surface area contributed by atoms with Crippen LogP contribution in [0.5, 0.6) is 11.5 Å². The summed E-state index contributed by atoms with van der Waals surface area (Å²) in [5.74, 6) is -6.42. The van der Waals surface area contributed by atoms with Crippen LogP contribution in [0.3, 0.4) is 0 Å². The Labute approximate surface area is 311 Å². The first-order valence-corrected chi connectivity index (χ1v) is 17.7. The van der Waals surface area contributed by atoms with Gasteiger partial charge in [-0.25, -0.2) is 17.6 Å². The molecule has 0 saturated carbocycles. The van der Waals surface area contributed by atoms with Gasteiger partial charge >= 0.3 is 12.1 Å². The Kier molecular flexibility index (Phi) is 11.1. The molecule has 6 rings (SSSR count). The fourth-order valence-electron chi connectivity index (χ4n) is 7.14. The monoisotopic (exact) mass is 773 g/mol. The molecule has 1 N–H and O–H groups in total. The number of esters is 1. The van der Waals surface area contributed by atoms with E-state index in [1.165, 1.54) is 19.1 Å². The minimum absolute atomic E-state index is 0.00418. The highest BCUT2D eigenvalue weighted by Gasteiger charge is 2.38. The minimum Gasteiger partial charge on any atom is -0.466 e. The number of nitrogens with one attached hydrogen (secondary N) is 1. The summed E-state index contributed by atoms with van der Waals surface area (Å²) in [6.07, 6.45) is -6.13. The molecule has 0 unspecified atom stereocenters. The average molecular weight is 774 g/mol. The van der Waals surface area contributed by atoms with Gasteiger partial charge in [-0.05, 0) is 85.8 Å². The lowest BCUT2D eigenvalue weighted by Crippen LogP contribution is -2.42. The van der Waals surface area contributed by atoms with Crippen molar-refractivity contribution in [3.05, 3.63) is 116 Å². The molecular weight excluding hydrogens is 735 g/mol. The fourth-order valence-corrected chi connectivity index (χ4v) is 7.14. The number of carbonyl (C=O) groups excluding carboxylic acids is 2. The zero-order chi connectivity index (χ0) is 39.8. The van der Waals surface area contributed by atoms with Crippen LogP contribution < -0.4 is 15.6 Å². The van der Waals surface area contributed by atoms with Crippen molar-refractivity contribution in [2.45, 2.75) is 70.6 Å². The van der Waals surface area contributed by atoms with E-state index in [2.05, 4.69) is 5.32 Å². The maximum atomic E-state index is 16.1. The van der Waals surface area contributed by atoms with Crippen LogP contribution in [-0.4, -0.2) is 53.5 Å². The number of likely N-dealkylation sites (tertiary alicyclic amines) is 1. The van der Waals surface area contributed by atoms with Crippen LogP contribution in [0.25, 0.3) is 11.1 Å². The Morgan fingerprint density at radius 3 is 2.40 bits per heavy atom. The number of alkyl halides is 5. The molecule has 8 nitrogen and oxygen atoms in total. The Morgan fingerprint density at radius 1 is 0.982 bits per heavy atom. The molecule has 1 saturated heterocycles. The van der Waals surface area contributed by atoms with Gasteiger partial charge < -0.3 is 19.7 Å². The third-order valence-electron chi connectivity index (χ3n) is 9.94. The molecule has 1 fully saturated rings. The number of amides is 1. The van der Waals surface area contributed by atoms with E-state index in [0.717, 1.165) is 18.3 Å². The van der Waals surface area contributed by atoms with Crippen LogP contribution in [0, 0.1) is 25.5 Å². The molecule has 15 heteroatoms. The number of piperidine rings is 1. The zero-order valence-corrected chi connectivity index (χ0v) is 30.2. The first kappa shape index (κ1) is 39.5. The van der Waals surface area contributed by atoms with Gasteiger partial charge in [-0.2, -0.15) is 13.2 Å². The van der Waals surface area contributed by atoms with Crippen molar-refractivity contribution < 1.29 is 49.8 Å². The number of hydrogen-bond donors (Lipinski definition) is 1. The van der Waals surface area contributed by atoms with E-state index in [4.69, 9.17) is 9.47 Å². The normalized spacial score (nSPS) is 18.5. The van der Waals surface area contributed by atoms with Crippen LogP contribution in [0.15, 0.2) is 65.6 Å². The zero-order valence-electron chi connectivity index (χ0n) is 30.2. The van der Waals surface area contributed by atoms with Crippen molar-refractivity contribution >= 4 is 11.9 Å². The van der Waals surface area contributed by atoms with Crippen LogP contribution in [-0.2, 0) is 26.9 Å². The lowest BCUT2D eigenvalue weighted by Gasteiger charge is -2.32.